The van der Waals surface area contributed by atoms with Crippen molar-refractivity contribution in [1.29, 1.82) is 0 Å². The lowest BCUT2D eigenvalue weighted by Crippen LogP contribution is -2.39. The zero-order valence-electron chi connectivity index (χ0n) is 11.0. The highest BCUT2D eigenvalue weighted by molar-refractivity contribution is 6.39. The highest BCUT2D eigenvalue weighted by Crippen LogP contribution is 2.29. The predicted octanol–water partition coefficient (Wildman–Crippen LogP) is 3.66. The molecule has 1 amide bonds. The van der Waals surface area contributed by atoms with E-state index in [1.807, 2.05) is 0 Å². The molecule has 1 aromatic carbocycles. The molecule has 5 heteroatoms. The third kappa shape index (κ3) is 4.10. The summed E-state index contributed by atoms with van der Waals surface area (Å²) in [6.07, 6.45) is 2.40. The van der Waals surface area contributed by atoms with E-state index in [9.17, 15) is 4.79 Å². The Labute approximate surface area is 123 Å². The van der Waals surface area contributed by atoms with E-state index in [1.54, 1.807) is 18.2 Å². The van der Waals surface area contributed by atoms with Crippen molar-refractivity contribution in [2.24, 2.45) is 5.92 Å². The maximum atomic E-state index is 12.0. The summed E-state index contributed by atoms with van der Waals surface area (Å²) in [4.78, 5) is 14.2. The van der Waals surface area contributed by atoms with Crippen molar-refractivity contribution in [3.05, 3.63) is 28.2 Å². The summed E-state index contributed by atoms with van der Waals surface area (Å²) in [6, 6.07) is 5.19. The van der Waals surface area contributed by atoms with Crippen molar-refractivity contribution >= 4 is 34.8 Å². The molecule has 1 atom stereocenters. The van der Waals surface area contributed by atoms with E-state index >= 15 is 0 Å². The molecular formula is C14H18Cl2N2O. The maximum Gasteiger partial charge on any atom is 0.238 e. The fourth-order valence-electron chi connectivity index (χ4n) is 2.43. The Kier molecular flexibility index (Phi) is 5.08. The van der Waals surface area contributed by atoms with Crippen LogP contribution in [0, 0.1) is 5.92 Å². The van der Waals surface area contributed by atoms with Crippen LogP contribution in [-0.2, 0) is 4.79 Å². The van der Waals surface area contributed by atoms with Gasteiger partial charge in [-0.05, 0) is 37.4 Å². The summed E-state index contributed by atoms with van der Waals surface area (Å²) in [7, 11) is 0. The maximum absolute atomic E-state index is 12.0. The monoisotopic (exact) mass is 300 g/mol. The summed E-state index contributed by atoms with van der Waals surface area (Å²) < 4.78 is 0. The minimum absolute atomic E-state index is 0.0656. The van der Waals surface area contributed by atoms with Gasteiger partial charge in [-0.3, -0.25) is 9.69 Å². The number of likely N-dealkylation sites (tertiary alicyclic amines) is 1. The molecule has 0 aliphatic carbocycles. The second-order valence-corrected chi connectivity index (χ2v) is 5.94. The lowest BCUT2D eigenvalue weighted by Gasteiger charge is -2.30. The van der Waals surface area contributed by atoms with Crippen LogP contribution in [0.5, 0.6) is 0 Å². The van der Waals surface area contributed by atoms with Crippen LogP contribution in [-0.4, -0.2) is 30.4 Å². The molecular weight excluding hydrogens is 283 g/mol. The molecule has 2 rings (SSSR count). The topological polar surface area (TPSA) is 32.3 Å². The molecule has 1 saturated heterocycles. The van der Waals surface area contributed by atoms with Crippen molar-refractivity contribution in [1.82, 2.24) is 4.90 Å². The SMILES string of the molecule is CC1CCCN(CC(=O)Nc2c(Cl)cccc2Cl)C1. The number of rotatable bonds is 3. The Morgan fingerprint density at radius 3 is 2.74 bits per heavy atom. The van der Waals surface area contributed by atoms with E-state index in [0.29, 0.717) is 28.2 Å². The van der Waals surface area contributed by atoms with Gasteiger partial charge in [-0.2, -0.15) is 0 Å². The number of para-hydroxylation sites is 1. The van der Waals surface area contributed by atoms with Crippen molar-refractivity contribution in [3.8, 4) is 0 Å². The molecule has 1 fully saturated rings. The first-order chi connectivity index (χ1) is 9.06. The number of halogens is 2. The van der Waals surface area contributed by atoms with E-state index in [4.69, 9.17) is 23.2 Å². The van der Waals surface area contributed by atoms with E-state index in [-0.39, 0.29) is 5.91 Å². The Morgan fingerprint density at radius 1 is 1.42 bits per heavy atom. The molecule has 0 aromatic heterocycles. The van der Waals surface area contributed by atoms with Gasteiger partial charge in [0.15, 0.2) is 0 Å². The van der Waals surface area contributed by atoms with Gasteiger partial charge < -0.3 is 5.32 Å². The average molecular weight is 301 g/mol. The molecule has 1 aliphatic rings. The molecule has 1 unspecified atom stereocenters. The van der Waals surface area contributed by atoms with Gasteiger partial charge in [0.1, 0.15) is 0 Å². The molecule has 0 radical (unpaired) electrons. The highest BCUT2D eigenvalue weighted by atomic mass is 35.5. The largest absolute Gasteiger partial charge is 0.322 e. The first-order valence-electron chi connectivity index (χ1n) is 6.52. The average Bonchev–Trinajstić information content (AvgIpc) is 2.34. The number of hydrogen-bond acceptors (Lipinski definition) is 2. The molecule has 1 aliphatic heterocycles. The van der Waals surface area contributed by atoms with Crippen molar-refractivity contribution in [3.63, 3.8) is 0 Å². The van der Waals surface area contributed by atoms with Gasteiger partial charge in [0.05, 0.1) is 22.3 Å². The van der Waals surface area contributed by atoms with Crippen LogP contribution < -0.4 is 5.32 Å². The van der Waals surface area contributed by atoms with Crippen molar-refractivity contribution in [2.45, 2.75) is 19.8 Å². The molecule has 1 heterocycles. The molecule has 3 nitrogen and oxygen atoms in total. The lowest BCUT2D eigenvalue weighted by atomic mass is 10.0. The minimum Gasteiger partial charge on any atom is -0.322 e. The number of carbonyl (C=O) groups is 1. The third-order valence-electron chi connectivity index (χ3n) is 3.34. The predicted molar refractivity (Wildman–Crippen MR) is 79.9 cm³/mol. The van der Waals surface area contributed by atoms with Crippen LogP contribution in [0.2, 0.25) is 10.0 Å². The minimum atomic E-state index is -0.0656. The molecule has 0 bridgehead atoms. The zero-order chi connectivity index (χ0) is 13.8. The van der Waals surface area contributed by atoms with Gasteiger partial charge in [-0.1, -0.05) is 36.2 Å². The molecule has 0 spiro atoms. The van der Waals surface area contributed by atoms with Crippen LogP contribution in [0.3, 0.4) is 0 Å². The summed E-state index contributed by atoms with van der Waals surface area (Å²) in [6.45, 7) is 4.57. The van der Waals surface area contributed by atoms with Crippen LogP contribution in [0.1, 0.15) is 19.8 Å². The highest BCUT2D eigenvalue weighted by Gasteiger charge is 2.19. The van der Waals surface area contributed by atoms with Gasteiger partial charge in [0, 0.05) is 6.54 Å². The summed E-state index contributed by atoms with van der Waals surface area (Å²) in [5.41, 5.74) is 0.501. The standard InChI is InChI=1S/C14H18Cl2N2O/c1-10-4-3-7-18(8-10)9-13(19)17-14-11(15)5-2-6-12(14)16/h2,5-6,10H,3-4,7-9H2,1H3,(H,17,19). The number of piperidine rings is 1. The number of anilines is 1. The smallest absolute Gasteiger partial charge is 0.238 e. The number of nitrogens with zero attached hydrogens (tertiary/aromatic N) is 1. The summed E-state index contributed by atoms with van der Waals surface area (Å²) in [5, 5.41) is 3.73. The van der Waals surface area contributed by atoms with Crippen LogP contribution in [0.25, 0.3) is 0 Å². The van der Waals surface area contributed by atoms with E-state index < -0.39 is 0 Å². The Hall–Kier alpha value is -0.770. The Morgan fingerprint density at radius 2 is 2.11 bits per heavy atom. The van der Waals surface area contributed by atoms with Crippen LogP contribution >= 0.6 is 23.2 Å². The van der Waals surface area contributed by atoms with Gasteiger partial charge in [-0.15, -0.1) is 0 Å². The summed E-state index contributed by atoms with van der Waals surface area (Å²) in [5.74, 6) is 0.592. The number of amides is 1. The second kappa shape index (κ2) is 6.60. The van der Waals surface area contributed by atoms with E-state index in [2.05, 4.69) is 17.1 Å². The van der Waals surface area contributed by atoms with Gasteiger partial charge in [-0.25, -0.2) is 0 Å². The number of hydrogen-bond donors (Lipinski definition) is 1. The van der Waals surface area contributed by atoms with Crippen LogP contribution in [0.4, 0.5) is 5.69 Å². The first kappa shape index (κ1) is 14.6. The quantitative estimate of drug-likeness (QED) is 0.924. The van der Waals surface area contributed by atoms with Crippen LogP contribution in [0.15, 0.2) is 18.2 Å². The Bertz CT molecular complexity index is 445. The first-order valence-corrected chi connectivity index (χ1v) is 7.28. The molecule has 1 aromatic rings. The fraction of sp³-hybridized carbons (Fsp3) is 0.500. The van der Waals surface area contributed by atoms with Gasteiger partial charge in [0.25, 0.3) is 0 Å². The second-order valence-electron chi connectivity index (χ2n) is 5.13. The van der Waals surface area contributed by atoms with E-state index in [1.165, 1.54) is 6.42 Å². The third-order valence-corrected chi connectivity index (χ3v) is 3.97. The number of nitrogens with one attached hydrogen (secondary N) is 1. The lowest BCUT2D eigenvalue weighted by molar-refractivity contribution is -0.117. The number of benzene rings is 1. The van der Waals surface area contributed by atoms with Crippen molar-refractivity contribution in [2.75, 3.05) is 25.0 Å². The molecule has 1 N–H and O–H groups in total. The van der Waals surface area contributed by atoms with Gasteiger partial charge in [0.2, 0.25) is 5.91 Å². The molecule has 0 saturated carbocycles. The summed E-state index contributed by atoms with van der Waals surface area (Å²) >= 11 is 12.1. The number of carbonyl (C=O) groups excluding carboxylic acids is 1. The normalized spacial score (nSPS) is 20.3. The Balaban J connectivity index is 1.94. The molecule has 19 heavy (non-hydrogen) atoms. The fourth-order valence-corrected chi connectivity index (χ4v) is 2.92. The van der Waals surface area contributed by atoms with Crippen molar-refractivity contribution < 1.29 is 4.79 Å². The zero-order valence-corrected chi connectivity index (χ0v) is 12.5. The van der Waals surface area contributed by atoms with Gasteiger partial charge >= 0.3 is 0 Å². The van der Waals surface area contributed by atoms with E-state index in [0.717, 1.165) is 19.5 Å². The molecule has 104 valence electrons.